The zero-order valence-corrected chi connectivity index (χ0v) is 10.1. The minimum absolute atomic E-state index is 0.00924. The molecule has 2 N–H and O–H groups in total. The lowest BCUT2D eigenvalue weighted by atomic mass is 9.98. The average molecular weight is 231 g/mol. The maximum atomic E-state index is 11.2. The van der Waals surface area contributed by atoms with Crippen molar-refractivity contribution in [2.45, 2.75) is 51.3 Å². The van der Waals surface area contributed by atoms with Gasteiger partial charge in [-0.25, -0.2) is 4.79 Å². The van der Waals surface area contributed by atoms with Gasteiger partial charge >= 0.3 is 6.09 Å². The Kier molecular flexibility index (Phi) is 4.15. The maximum Gasteiger partial charge on any atom is 0.408 e. The molecule has 2 atom stereocenters. The van der Waals surface area contributed by atoms with Crippen LogP contribution in [0.1, 0.15) is 33.6 Å². The van der Waals surface area contributed by atoms with Gasteiger partial charge in [0, 0.05) is 5.54 Å². The summed E-state index contributed by atoms with van der Waals surface area (Å²) in [4.78, 5) is 12.7. The van der Waals surface area contributed by atoms with Crippen molar-refractivity contribution >= 4 is 6.09 Å². The van der Waals surface area contributed by atoms with Crippen LogP contribution in [-0.2, 0) is 4.74 Å². The van der Waals surface area contributed by atoms with Crippen molar-refractivity contribution in [2.24, 2.45) is 0 Å². The summed E-state index contributed by atoms with van der Waals surface area (Å²) in [6.07, 6.45) is 0.408. The highest BCUT2D eigenvalue weighted by atomic mass is 16.5. The monoisotopic (exact) mass is 231 g/mol. The SMILES string of the molecule is CC(C)(C)N(C(=O)O)C1CCC(CO)OC1. The number of hydrogen-bond donors (Lipinski definition) is 2. The van der Waals surface area contributed by atoms with Gasteiger partial charge in [0.2, 0.25) is 0 Å². The predicted molar refractivity (Wildman–Crippen MR) is 59.5 cm³/mol. The average Bonchev–Trinajstić information content (AvgIpc) is 2.16. The van der Waals surface area contributed by atoms with Crippen molar-refractivity contribution in [2.75, 3.05) is 13.2 Å². The third kappa shape index (κ3) is 3.09. The third-order valence-corrected chi connectivity index (χ3v) is 2.84. The molecule has 1 aliphatic rings. The number of rotatable bonds is 2. The van der Waals surface area contributed by atoms with Gasteiger partial charge < -0.3 is 14.9 Å². The van der Waals surface area contributed by atoms with E-state index in [1.165, 1.54) is 4.90 Å². The molecule has 0 saturated carbocycles. The summed E-state index contributed by atoms with van der Waals surface area (Å²) < 4.78 is 5.41. The Hall–Kier alpha value is -0.810. The topological polar surface area (TPSA) is 70.0 Å². The van der Waals surface area contributed by atoms with Gasteiger partial charge in [0.25, 0.3) is 0 Å². The van der Waals surface area contributed by atoms with E-state index >= 15 is 0 Å². The van der Waals surface area contributed by atoms with Crippen LogP contribution in [0.25, 0.3) is 0 Å². The molecule has 1 amide bonds. The first kappa shape index (κ1) is 13.3. The minimum atomic E-state index is -0.913. The zero-order chi connectivity index (χ0) is 12.3. The molecule has 0 aromatic rings. The van der Waals surface area contributed by atoms with Gasteiger partial charge in [-0.3, -0.25) is 4.90 Å². The fraction of sp³-hybridized carbons (Fsp3) is 0.909. The second-order valence-corrected chi connectivity index (χ2v) is 5.19. The highest BCUT2D eigenvalue weighted by Crippen LogP contribution is 2.24. The van der Waals surface area contributed by atoms with Crippen molar-refractivity contribution in [1.29, 1.82) is 0 Å². The number of amides is 1. The van der Waals surface area contributed by atoms with Gasteiger partial charge in [0.1, 0.15) is 0 Å². The molecule has 1 heterocycles. The first-order chi connectivity index (χ1) is 7.36. The molecule has 5 heteroatoms. The molecule has 94 valence electrons. The van der Waals surface area contributed by atoms with Crippen LogP contribution in [0.2, 0.25) is 0 Å². The molecule has 1 rings (SSSR count). The Morgan fingerprint density at radius 3 is 2.38 bits per heavy atom. The third-order valence-electron chi connectivity index (χ3n) is 2.84. The van der Waals surface area contributed by atoms with Crippen LogP contribution in [0.5, 0.6) is 0 Å². The van der Waals surface area contributed by atoms with Crippen molar-refractivity contribution in [3.05, 3.63) is 0 Å². The molecule has 1 aliphatic heterocycles. The van der Waals surface area contributed by atoms with E-state index in [2.05, 4.69) is 0 Å². The standard InChI is InChI=1S/C11H21NO4/c1-11(2,3)12(10(14)15)8-4-5-9(6-13)16-7-8/h8-9,13H,4-7H2,1-3H3,(H,14,15). The van der Waals surface area contributed by atoms with Gasteiger partial charge in [0.15, 0.2) is 0 Å². The minimum Gasteiger partial charge on any atom is -0.465 e. The van der Waals surface area contributed by atoms with Crippen molar-refractivity contribution in [3.63, 3.8) is 0 Å². The second kappa shape index (κ2) is 5.01. The van der Waals surface area contributed by atoms with E-state index in [0.29, 0.717) is 13.0 Å². The molecule has 1 fully saturated rings. The lowest BCUT2D eigenvalue weighted by Crippen LogP contribution is -2.54. The number of nitrogens with zero attached hydrogens (tertiary/aromatic N) is 1. The molecule has 16 heavy (non-hydrogen) atoms. The van der Waals surface area contributed by atoms with Crippen molar-refractivity contribution < 1.29 is 19.7 Å². The predicted octanol–water partition coefficient (Wildman–Crippen LogP) is 1.30. The van der Waals surface area contributed by atoms with Gasteiger partial charge in [-0.05, 0) is 33.6 Å². The first-order valence-electron chi connectivity index (χ1n) is 5.61. The number of ether oxygens (including phenoxy) is 1. The van der Waals surface area contributed by atoms with E-state index in [-0.39, 0.29) is 18.8 Å². The van der Waals surface area contributed by atoms with Crippen LogP contribution in [0.4, 0.5) is 4.79 Å². The smallest absolute Gasteiger partial charge is 0.408 e. The van der Waals surface area contributed by atoms with Gasteiger partial charge in [0.05, 0.1) is 25.4 Å². The van der Waals surface area contributed by atoms with E-state index in [4.69, 9.17) is 9.84 Å². The van der Waals surface area contributed by atoms with Crippen LogP contribution >= 0.6 is 0 Å². The van der Waals surface area contributed by atoms with E-state index in [0.717, 1.165) is 6.42 Å². The number of aliphatic hydroxyl groups excluding tert-OH is 1. The van der Waals surface area contributed by atoms with Gasteiger partial charge in [-0.2, -0.15) is 0 Å². The summed E-state index contributed by atoms with van der Waals surface area (Å²) in [6.45, 7) is 6.00. The van der Waals surface area contributed by atoms with Crippen LogP contribution in [0, 0.1) is 0 Å². The molecular formula is C11H21NO4. The summed E-state index contributed by atoms with van der Waals surface area (Å²) in [7, 11) is 0. The summed E-state index contributed by atoms with van der Waals surface area (Å²) in [5, 5.41) is 18.1. The van der Waals surface area contributed by atoms with Gasteiger partial charge in [-0.15, -0.1) is 0 Å². The highest BCUT2D eigenvalue weighted by molar-refractivity contribution is 5.66. The van der Waals surface area contributed by atoms with E-state index in [1.807, 2.05) is 20.8 Å². The molecule has 5 nitrogen and oxygen atoms in total. The Labute approximate surface area is 96.0 Å². The lowest BCUT2D eigenvalue weighted by Gasteiger charge is -2.42. The number of carboxylic acid groups (broad SMARTS) is 1. The molecular weight excluding hydrogens is 210 g/mol. The van der Waals surface area contributed by atoms with Crippen LogP contribution in [0.3, 0.4) is 0 Å². The molecule has 0 aliphatic carbocycles. The molecule has 0 aromatic heterocycles. The van der Waals surface area contributed by atoms with E-state index in [9.17, 15) is 9.90 Å². The molecule has 0 radical (unpaired) electrons. The van der Waals surface area contributed by atoms with Crippen molar-refractivity contribution in [3.8, 4) is 0 Å². The van der Waals surface area contributed by atoms with Crippen LogP contribution < -0.4 is 0 Å². The molecule has 1 saturated heterocycles. The van der Waals surface area contributed by atoms with Crippen molar-refractivity contribution in [1.82, 2.24) is 4.90 Å². The van der Waals surface area contributed by atoms with Crippen LogP contribution in [0.15, 0.2) is 0 Å². The van der Waals surface area contributed by atoms with E-state index in [1.54, 1.807) is 0 Å². The summed E-state index contributed by atoms with van der Waals surface area (Å²) >= 11 is 0. The Morgan fingerprint density at radius 2 is 2.06 bits per heavy atom. The molecule has 0 bridgehead atoms. The Bertz CT molecular complexity index is 241. The fourth-order valence-electron chi connectivity index (χ4n) is 2.13. The molecule has 0 aromatic carbocycles. The quantitative estimate of drug-likeness (QED) is 0.751. The normalized spacial score (nSPS) is 26.5. The number of hydrogen-bond acceptors (Lipinski definition) is 3. The largest absolute Gasteiger partial charge is 0.465 e. The molecule has 0 spiro atoms. The zero-order valence-electron chi connectivity index (χ0n) is 10.1. The first-order valence-corrected chi connectivity index (χ1v) is 5.61. The highest BCUT2D eigenvalue weighted by Gasteiger charge is 2.35. The van der Waals surface area contributed by atoms with Crippen LogP contribution in [-0.4, -0.2) is 52.1 Å². The Morgan fingerprint density at radius 1 is 1.44 bits per heavy atom. The van der Waals surface area contributed by atoms with E-state index < -0.39 is 11.6 Å². The number of aliphatic hydroxyl groups is 1. The Balaban J connectivity index is 2.65. The summed E-state index contributed by atoms with van der Waals surface area (Å²) in [5.41, 5.74) is -0.425. The summed E-state index contributed by atoms with van der Waals surface area (Å²) in [6, 6.07) is -0.111. The van der Waals surface area contributed by atoms with Gasteiger partial charge in [-0.1, -0.05) is 0 Å². The second-order valence-electron chi connectivity index (χ2n) is 5.19. The summed E-state index contributed by atoms with van der Waals surface area (Å²) in [5.74, 6) is 0. The fourth-order valence-corrected chi connectivity index (χ4v) is 2.13. The lowest BCUT2D eigenvalue weighted by molar-refractivity contribution is -0.0672. The number of carbonyl (C=O) groups is 1. The maximum absolute atomic E-state index is 11.2. The molecule has 2 unspecified atom stereocenters.